The second-order valence-electron chi connectivity index (χ2n) is 5.19. The predicted molar refractivity (Wildman–Crippen MR) is 89.3 cm³/mol. The van der Waals surface area contributed by atoms with Crippen LogP contribution in [-0.2, 0) is 0 Å². The van der Waals surface area contributed by atoms with E-state index in [2.05, 4.69) is 10.5 Å². The zero-order valence-electron chi connectivity index (χ0n) is 12.5. The predicted octanol–water partition coefficient (Wildman–Crippen LogP) is 4.49. The molecule has 3 rings (SSSR count). The van der Waals surface area contributed by atoms with Gasteiger partial charge in [-0.2, -0.15) is 0 Å². The van der Waals surface area contributed by atoms with Crippen LogP contribution in [0.5, 0.6) is 0 Å². The molecule has 0 aliphatic carbocycles. The van der Waals surface area contributed by atoms with Crippen LogP contribution in [0.3, 0.4) is 0 Å². The van der Waals surface area contributed by atoms with Crippen molar-refractivity contribution in [3.8, 4) is 11.3 Å². The highest BCUT2D eigenvalue weighted by atomic mass is 35.5. The number of rotatable bonds is 4. The molecular weight excluding hydrogens is 312 g/mol. The van der Waals surface area contributed by atoms with Crippen LogP contribution in [0, 0.1) is 0 Å². The van der Waals surface area contributed by atoms with Gasteiger partial charge in [-0.25, -0.2) is 0 Å². The molecule has 1 amide bonds. The van der Waals surface area contributed by atoms with Gasteiger partial charge in [-0.3, -0.25) is 4.79 Å². The van der Waals surface area contributed by atoms with Crippen LogP contribution < -0.4 is 5.32 Å². The van der Waals surface area contributed by atoms with E-state index >= 15 is 0 Å². The molecule has 0 bridgehead atoms. The third-order valence-electron chi connectivity index (χ3n) is 3.52. The van der Waals surface area contributed by atoms with E-state index in [1.165, 1.54) is 0 Å². The number of nitrogens with one attached hydrogen (secondary N) is 1. The summed E-state index contributed by atoms with van der Waals surface area (Å²) in [4.78, 5) is 12.3. The van der Waals surface area contributed by atoms with E-state index in [0.29, 0.717) is 10.8 Å². The number of amides is 1. The van der Waals surface area contributed by atoms with E-state index < -0.39 is 0 Å². The zero-order chi connectivity index (χ0) is 16.2. The Balaban J connectivity index is 1.72. The molecule has 0 unspecified atom stereocenters. The van der Waals surface area contributed by atoms with Crippen LogP contribution in [0.1, 0.15) is 29.0 Å². The highest BCUT2D eigenvalue weighted by Gasteiger charge is 2.16. The van der Waals surface area contributed by atoms with Crippen molar-refractivity contribution in [2.75, 3.05) is 0 Å². The van der Waals surface area contributed by atoms with Crippen molar-refractivity contribution in [3.05, 3.63) is 76.9 Å². The van der Waals surface area contributed by atoms with Crippen molar-refractivity contribution in [2.45, 2.75) is 13.0 Å². The second kappa shape index (κ2) is 6.67. The molecule has 0 aliphatic heterocycles. The minimum Gasteiger partial charge on any atom is -0.355 e. The van der Waals surface area contributed by atoms with Crippen LogP contribution in [0.2, 0.25) is 5.02 Å². The first-order chi connectivity index (χ1) is 11.1. The number of halogens is 1. The Morgan fingerprint density at radius 2 is 1.83 bits per heavy atom. The Hall–Kier alpha value is -2.59. The number of hydrogen-bond donors (Lipinski definition) is 1. The summed E-state index contributed by atoms with van der Waals surface area (Å²) < 4.78 is 5.25. The Morgan fingerprint density at radius 1 is 1.13 bits per heavy atom. The number of nitrogens with zero attached hydrogens (tertiary/aromatic N) is 1. The quantitative estimate of drug-likeness (QED) is 0.768. The molecule has 0 fully saturated rings. The molecule has 0 spiro atoms. The monoisotopic (exact) mass is 326 g/mol. The summed E-state index contributed by atoms with van der Waals surface area (Å²) in [6.45, 7) is 1.92. The first-order valence-electron chi connectivity index (χ1n) is 7.22. The summed E-state index contributed by atoms with van der Waals surface area (Å²) in [5.41, 5.74) is 2.09. The maximum atomic E-state index is 12.3. The van der Waals surface area contributed by atoms with Gasteiger partial charge in [-0.05, 0) is 36.8 Å². The van der Waals surface area contributed by atoms with Gasteiger partial charge in [0.05, 0.1) is 6.04 Å². The SMILES string of the molecule is C[C@H](NC(=O)c1cc(-c2ccc(Cl)cc2)on1)c1ccccc1. The lowest BCUT2D eigenvalue weighted by Crippen LogP contribution is -2.26. The number of benzene rings is 2. The lowest BCUT2D eigenvalue weighted by Gasteiger charge is -2.12. The summed E-state index contributed by atoms with van der Waals surface area (Å²) in [5.74, 6) is 0.254. The van der Waals surface area contributed by atoms with E-state index in [1.807, 2.05) is 49.4 Å². The average molecular weight is 327 g/mol. The second-order valence-corrected chi connectivity index (χ2v) is 5.63. The van der Waals surface area contributed by atoms with Gasteiger partial charge in [0.25, 0.3) is 5.91 Å². The van der Waals surface area contributed by atoms with Crippen LogP contribution in [-0.4, -0.2) is 11.1 Å². The van der Waals surface area contributed by atoms with Crippen LogP contribution in [0.4, 0.5) is 0 Å². The molecule has 1 atom stereocenters. The van der Waals surface area contributed by atoms with Crippen molar-refractivity contribution < 1.29 is 9.32 Å². The first-order valence-corrected chi connectivity index (χ1v) is 7.60. The molecule has 5 heteroatoms. The summed E-state index contributed by atoms with van der Waals surface area (Å²) in [6.07, 6.45) is 0. The largest absolute Gasteiger partial charge is 0.355 e. The summed E-state index contributed by atoms with van der Waals surface area (Å²) in [5, 5.41) is 7.39. The van der Waals surface area contributed by atoms with E-state index in [4.69, 9.17) is 16.1 Å². The van der Waals surface area contributed by atoms with Gasteiger partial charge in [0.2, 0.25) is 0 Å². The smallest absolute Gasteiger partial charge is 0.273 e. The number of aromatic nitrogens is 1. The average Bonchev–Trinajstić information content (AvgIpc) is 3.06. The molecule has 2 aromatic carbocycles. The van der Waals surface area contributed by atoms with Gasteiger partial charge in [0.15, 0.2) is 11.5 Å². The molecule has 0 saturated carbocycles. The Labute approximate surface area is 139 Å². The van der Waals surface area contributed by atoms with Gasteiger partial charge < -0.3 is 9.84 Å². The minimum atomic E-state index is -0.273. The van der Waals surface area contributed by atoms with Crippen LogP contribution >= 0.6 is 11.6 Å². The number of hydrogen-bond acceptors (Lipinski definition) is 3. The fourth-order valence-electron chi connectivity index (χ4n) is 2.23. The lowest BCUT2D eigenvalue weighted by molar-refractivity contribution is 0.0931. The fourth-order valence-corrected chi connectivity index (χ4v) is 2.35. The van der Waals surface area contributed by atoms with Crippen molar-refractivity contribution in [3.63, 3.8) is 0 Å². The number of carbonyl (C=O) groups is 1. The molecule has 1 aromatic heterocycles. The molecule has 3 aromatic rings. The van der Waals surface area contributed by atoms with Crippen molar-refractivity contribution in [1.82, 2.24) is 10.5 Å². The standard InChI is InChI=1S/C18H15ClN2O2/c1-12(13-5-3-2-4-6-13)20-18(22)16-11-17(23-21-16)14-7-9-15(19)10-8-14/h2-12H,1H3,(H,20,22)/t12-/m0/s1. The minimum absolute atomic E-state index is 0.112. The summed E-state index contributed by atoms with van der Waals surface area (Å²) >= 11 is 5.86. The highest BCUT2D eigenvalue weighted by Crippen LogP contribution is 2.22. The third-order valence-corrected chi connectivity index (χ3v) is 3.77. The normalized spacial score (nSPS) is 11.9. The van der Waals surface area contributed by atoms with E-state index in [0.717, 1.165) is 11.1 Å². The molecule has 116 valence electrons. The van der Waals surface area contributed by atoms with Crippen molar-refractivity contribution in [2.24, 2.45) is 0 Å². The Bertz CT molecular complexity index is 797. The van der Waals surface area contributed by atoms with E-state index in [1.54, 1.807) is 18.2 Å². The fraction of sp³-hybridized carbons (Fsp3) is 0.111. The van der Waals surface area contributed by atoms with E-state index in [-0.39, 0.29) is 17.6 Å². The molecule has 1 N–H and O–H groups in total. The highest BCUT2D eigenvalue weighted by molar-refractivity contribution is 6.30. The summed E-state index contributed by atoms with van der Waals surface area (Å²) in [7, 11) is 0. The van der Waals surface area contributed by atoms with Crippen molar-refractivity contribution in [1.29, 1.82) is 0 Å². The molecule has 4 nitrogen and oxygen atoms in total. The van der Waals surface area contributed by atoms with Gasteiger partial charge in [0.1, 0.15) is 0 Å². The maximum Gasteiger partial charge on any atom is 0.273 e. The number of carbonyl (C=O) groups excluding carboxylic acids is 1. The molecule has 0 radical (unpaired) electrons. The Kier molecular flexibility index (Phi) is 4.44. The Morgan fingerprint density at radius 3 is 2.52 bits per heavy atom. The summed E-state index contributed by atoms with van der Waals surface area (Å²) in [6, 6.07) is 18.4. The van der Waals surface area contributed by atoms with Crippen LogP contribution in [0.25, 0.3) is 11.3 Å². The lowest BCUT2D eigenvalue weighted by atomic mass is 10.1. The maximum absolute atomic E-state index is 12.3. The molecule has 0 aliphatic rings. The van der Waals surface area contributed by atoms with Gasteiger partial charge in [-0.1, -0.05) is 47.1 Å². The van der Waals surface area contributed by atoms with Gasteiger partial charge in [-0.15, -0.1) is 0 Å². The molecule has 1 heterocycles. The van der Waals surface area contributed by atoms with Crippen molar-refractivity contribution >= 4 is 17.5 Å². The van der Waals surface area contributed by atoms with E-state index in [9.17, 15) is 4.79 Å². The third kappa shape index (κ3) is 3.60. The van der Waals surface area contributed by atoms with Crippen LogP contribution in [0.15, 0.2) is 65.2 Å². The van der Waals surface area contributed by atoms with Gasteiger partial charge >= 0.3 is 0 Å². The topological polar surface area (TPSA) is 55.1 Å². The molecular formula is C18H15ClN2O2. The molecule has 23 heavy (non-hydrogen) atoms. The molecule has 0 saturated heterocycles. The first kappa shape index (κ1) is 15.3. The zero-order valence-corrected chi connectivity index (χ0v) is 13.2. The van der Waals surface area contributed by atoms with Gasteiger partial charge in [0, 0.05) is 16.7 Å².